The zero-order valence-corrected chi connectivity index (χ0v) is 14.4. The van der Waals surface area contributed by atoms with Crippen molar-refractivity contribution in [3.05, 3.63) is 72.1 Å². The van der Waals surface area contributed by atoms with Gasteiger partial charge in [-0.3, -0.25) is 9.39 Å². The summed E-state index contributed by atoms with van der Waals surface area (Å²) in [6.45, 7) is 0. The number of nitrogens with zero attached hydrogens (tertiary/aromatic N) is 5. The van der Waals surface area contributed by atoms with Crippen LogP contribution in [0.25, 0.3) is 5.78 Å². The van der Waals surface area contributed by atoms with Gasteiger partial charge in [-0.2, -0.15) is 26.3 Å². The van der Waals surface area contributed by atoms with Crippen LogP contribution in [0.2, 0.25) is 0 Å². The maximum atomic E-state index is 13.6. The molecule has 2 aromatic heterocycles. The van der Waals surface area contributed by atoms with Gasteiger partial charge in [0.15, 0.2) is 5.69 Å². The third-order valence-corrected chi connectivity index (χ3v) is 4.32. The van der Waals surface area contributed by atoms with Crippen LogP contribution in [0.3, 0.4) is 0 Å². The van der Waals surface area contributed by atoms with E-state index in [0.29, 0.717) is 0 Å². The van der Waals surface area contributed by atoms with E-state index in [1.165, 1.54) is 58.5 Å². The van der Waals surface area contributed by atoms with Crippen LogP contribution in [0.1, 0.15) is 23.0 Å². The molecule has 1 unspecified atom stereocenters. The van der Waals surface area contributed by atoms with E-state index in [-0.39, 0.29) is 17.2 Å². The number of halogens is 6. The quantitative estimate of drug-likeness (QED) is 0.566. The lowest BCUT2D eigenvalue weighted by atomic mass is 10.1. The van der Waals surface area contributed by atoms with Gasteiger partial charge in [0.05, 0.1) is 11.3 Å². The van der Waals surface area contributed by atoms with Gasteiger partial charge in [-0.25, -0.2) is 9.97 Å². The van der Waals surface area contributed by atoms with Crippen LogP contribution in [-0.2, 0) is 12.4 Å². The Morgan fingerprint density at radius 3 is 2.31 bits per heavy atom. The fourth-order valence-electron chi connectivity index (χ4n) is 3.07. The lowest BCUT2D eigenvalue weighted by Crippen LogP contribution is -2.29. The maximum absolute atomic E-state index is 13.6. The first-order chi connectivity index (χ1) is 13.7. The summed E-state index contributed by atoms with van der Waals surface area (Å²) in [7, 11) is 0. The summed E-state index contributed by atoms with van der Waals surface area (Å²) in [5.74, 6) is -0.148. The first-order valence-corrected chi connectivity index (χ1v) is 8.22. The molecule has 0 saturated carbocycles. The number of fused-ring (bicyclic) bond motifs is 1. The van der Waals surface area contributed by atoms with E-state index in [9.17, 15) is 26.3 Å². The van der Waals surface area contributed by atoms with Gasteiger partial charge in [0, 0.05) is 36.7 Å². The molecule has 1 aromatic carbocycles. The molecule has 29 heavy (non-hydrogen) atoms. The lowest BCUT2D eigenvalue weighted by Gasteiger charge is -2.30. The largest absolute Gasteiger partial charge is 0.435 e. The Labute approximate surface area is 159 Å². The Kier molecular flexibility index (Phi) is 4.32. The van der Waals surface area contributed by atoms with E-state index in [4.69, 9.17) is 0 Å². The summed E-state index contributed by atoms with van der Waals surface area (Å²) in [5, 5.41) is 0. The van der Waals surface area contributed by atoms with Crippen LogP contribution in [-0.4, -0.2) is 20.6 Å². The Morgan fingerprint density at radius 1 is 0.931 bits per heavy atom. The molecule has 3 heterocycles. The molecule has 1 aliphatic rings. The van der Waals surface area contributed by atoms with Gasteiger partial charge in [-0.15, -0.1) is 0 Å². The van der Waals surface area contributed by atoms with Gasteiger partial charge in [-0.05, 0) is 30.3 Å². The maximum Gasteiger partial charge on any atom is 0.435 e. The molecule has 0 spiro atoms. The van der Waals surface area contributed by atoms with E-state index in [1.54, 1.807) is 0 Å². The predicted molar refractivity (Wildman–Crippen MR) is 92.3 cm³/mol. The van der Waals surface area contributed by atoms with Gasteiger partial charge in [0.2, 0.25) is 5.78 Å². The average molecular weight is 411 g/mol. The van der Waals surface area contributed by atoms with Crippen molar-refractivity contribution < 1.29 is 26.3 Å². The first kappa shape index (κ1) is 19.0. The molecule has 0 bridgehead atoms. The molecule has 11 heteroatoms. The van der Waals surface area contributed by atoms with Gasteiger partial charge in [0.25, 0.3) is 0 Å². The van der Waals surface area contributed by atoms with Crippen LogP contribution in [0, 0.1) is 0 Å². The highest BCUT2D eigenvalue weighted by Crippen LogP contribution is 2.38. The number of imidazole rings is 1. The molecule has 0 saturated heterocycles. The zero-order valence-electron chi connectivity index (χ0n) is 14.4. The lowest BCUT2D eigenvalue weighted by molar-refractivity contribution is -0.141. The molecule has 0 radical (unpaired) electrons. The van der Waals surface area contributed by atoms with Gasteiger partial charge >= 0.3 is 12.4 Å². The molecular formula is C18H11F6N5. The number of rotatable bonds is 2. The van der Waals surface area contributed by atoms with Crippen molar-refractivity contribution in [2.75, 3.05) is 4.90 Å². The molecule has 0 fully saturated rings. The molecule has 1 atom stereocenters. The van der Waals surface area contributed by atoms with Crippen molar-refractivity contribution in [1.29, 1.82) is 0 Å². The van der Waals surface area contributed by atoms with E-state index in [2.05, 4.69) is 15.0 Å². The van der Waals surface area contributed by atoms with Crippen molar-refractivity contribution in [3.8, 4) is 0 Å². The second-order valence-corrected chi connectivity index (χ2v) is 6.13. The molecule has 150 valence electrons. The van der Waals surface area contributed by atoms with Crippen molar-refractivity contribution in [3.63, 3.8) is 0 Å². The van der Waals surface area contributed by atoms with Crippen molar-refractivity contribution >= 4 is 17.7 Å². The third-order valence-electron chi connectivity index (χ3n) is 4.32. The summed E-state index contributed by atoms with van der Waals surface area (Å²) in [4.78, 5) is 12.8. The minimum Gasteiger partial charge on any atom is -0.332 e. The zero-order chi connectivity index (χ0) is 20.8. The SMILES string of the molecule is FC(F)(F)c1ccc(N2C=CN=CC2c2c(C(F)(F)F)nc3ncccn23)cc1. The number of hydrogen-bond acceptors (Lipinski definition) is 4. The Morgan fingerprint density at radius 2 is 1.66 bits per heavy atom. The molecule has 0 N–H and O–H groups in total. The third kappa shape index (κ3) is 3.43. The number of hydrogen-bond donors (Lipinski definition) is 0. The van der Waals surface area contributed by atoms with Crippen LogP contribution >= 0.6 is 0 Å². The molecule has 0 aliphatic carbocycles. The molecule has 3 aromatic rings. The second kappa shape index (κ2) is 6.61. The normalized spacial score (nSPS) is 17.3. The summed E-state index contributed by atoms with van der Waals surface area (Å²) >= 11 is 0. The smallest absolute Gasteiger partial charge is 0.332 e. The highest BCUT2D eigenvalue weighted by molar-refractivity contribution is 5.77. The van der Waals surface area contributed by atoms with Gasteiger partial charge in [0.1, 0.15) is 6.04 Å². The van der Waals surface area contributed by atoms with Crippen molar-refractivity contribution in [2.45, 2.75) is 18.4 Å². The minimum atomic E-state index is -4.76. The van der Waals surface area contributed by atoms with Crippen molar-refractivity contribution in [1.82, 2.24) is 14.4 Å². The van der Waals surface area contributed by atoms with E-state index < -0.39 is 29.7 Å². The van der Waals surface area contributed by atoms with Gasteiger partial charge < -0.3 is 4.90 Å². The van der Waals surface area contributed by atoms with Crippen LogP contribution in [0.4, 0.5) is 32.0 Å². The van der Waals surface area contributed by atoms with E-state index in [1.807, 2.05) is 0 Å². The van der Waals surface area contributed by atoms with Gasteiger partial charge in [-0.1, -0.05) is 0 Å². The molecule has 4 rings (SSSR count). The molecule has 5 nitrogen and oxygen atoms in total. The van der Waals surface area contributed by atoms with E-state index in [0.717, 1.165) is 12.1 Å². The fraction of sp³-hybridized carbons (Fsp3) is 0.167. The Hall–Kier alpha value is -3.37. The molecule has 0 amide bonds. The van der Waals surface area contributed by atoms with Crippen molar-refractivity contribution in [2.24, 2.45) is 4.99 Å². The number of anilines is 1. The standard InChI is InChI=1S/C18H11F6N5/c19-17(20,21)11-2-4-12(5-3-11)28-9-7-25-10-13(28)14-15(18(22,23)24)27-16-26-6-1-8-29(14)16/h1-10,13H. The number of alkyl halides is 6. The van der Waals surface area contributed by atoms with Crippen LogP contribution in [0.5, 0.6) is 0 Å². The van der Waals surface area contributed by atoms with Crippen LogP contribution < -0.4 is 4.90 Å². The fourth-order valence-corrected chi connectivity index (χ4v) is 3.07. The monoisotopic (exact) mass is 411 g/mol. The first-order valence-electron chi connectivity index (χ1n) is 8.22. The topological polar surface area (TPSA) is 45.8 Å². The summed E-state index contributed by atoms with van der Waals surface area (Å²) in [6.07, 6.45) is -2.58. The predicted octanol–water partition coefficient (Wildman–Crippen LogP) is 4.87. The molecule has 1 aliphatic heterocycles. The average Bonchev–Trinajstić information content (AvgIpc) is 3.07. The Bertz CT molecular complexity index is 1090. The molecular weight excluding hydrogens is 400 g/mol. The summed E-state index contributed by atoms with van der Waals surface area (Å²) in [6, 6.07) is 4.51. The highest BCUT2D eigenvalue weighted by Gasteiger charge is 2.41. The number of aliphatic imine (C=N–C) groups is 1. The highest BCUT2D eigenvalue weighted by atomic mass is 19.4. The minimum absolute atomic E-state index is 0.148. The van der Waals surface area contributed by atoms with Crippen LogP contribution in [0.15, 0.2) is 60.1 Å². The van der Waals surface area contributed by atoms with E-state index >= 15 is 0 Å². The summed E-state index contributed by atoms with van der Waals surface area (Å²) in [5.41, 5.74) is -1.98. The summed E-state index contributed by atoms with van der Waals surface area (Å²) < 4.78 is 80.6. The Balaban J connectivity index is 1.84. The number of aromatic nitrogens is 3. The second-order valence-electron chi connectivity index (χ2n) is 6.13. The number of benzene rings is 1.